The number of amides is 2. The molecule has 1 saturated heterocycles. The van der Waals surface area contributed by atoms with Gasteiger partial charge in [-0.3, -0.25) is 0 Å². The molecule has 0 saturated carbocycles. The van der Waals surface area contributed by atoms with Gasteiger partial charge in [0.15, 0.2) is 0 Å². The molecule has 3 N–H and O–H groups in total. The van der Waals surface area contributed by atoms with Crippen LogP contribution in [0.5, 0.6) is 0 Å². The third-order valence-corrected chi connectivity index (χ3v) is 4.17. The van der Waals surface area contributed by atoms with Crippen LogP contribution in [-0.4, -0.2) is 40.2 Å². The molecule has 1 aliphatic rings. The van der Waals surface area contributed by atoms with Gasteiger partial charge in [0.1, 0.15) is 5.54 Å². The van der Waals surface area contributed by atoms with Crippen LogP contribution in [0.3, 0.4) is 0 Å². The van der Waals surface area contributed by atoms with Gasteiger partial charge >= 0.3 is 12.0 Å². The number of nitrogens with one attached hydrogen (secondary N) is 2. The first kappa shape index (κ1) is 14.2. The van der Waals surface area contributed by atoms with Gasteiger partial charge in [-0.25, -0.2) is 9.59 Å². The summed E-state index contributed by atoms with van der Waals surface area (Å²) >= 11 is 1.88. The van der Waals surface area contributed by atoms with Crippen molar-refractivity contribution in [2.75, 3.05) is 11.5 Å². The number of carboxylic acid groups (broad SMARTS) is 1. The van der Waals surface area contributed by atoms with E-state index in [0.29, 0.717) is 6.42 Å². The molecular weight excluding hydrogens is 240 g/mol. The van der Waals surface area contributed by atoms with Crippen LogP contribution in [0.2, 0.25) is 0 Å². The summed E-state index contributed by atoms with van der Waals surface area (Å²) in [6, 6.07) is -0.209. The molecular formula is C11H20N2O3S. The number of thioether (sulfide) groups is 1. The number of hydrogen-bond donors (Lipinski definition) is 3. The molecule has 2 amide bonds. The Hall–Kier alpha value is -0.910. The molecule has 1 heterocycles. The van der Waals surface area contributed by atoms with Crippen LogP contribution in [0.1, 0.15) is 33.1 Å². The largest absolute Gasteiger partial charge is 0.480 e. The lowest BCUT2D eigenvalue weighted by molar-refractivity contribution is -0.143. The molecule has 1 unspecified atom stereocenters. The minimum atomic E-state index is -1.19. The highest BCUT2D eigenvalue weighted by Gasteiger charge is 2.33. The van der Waals surface area contributed by atoms with Crippen LogP contribution < -0.4 is 10.6 Å². The van der Waals surface area contributed by atoms with Crippen LogP contribution in [0.25, 0.3) is 0 Å². The highest BCUT2D eigenvalue weighted by molar-refractivity contribution is 7.99. The molecule has 1 aliphatic heterocycles. The Balaban J connectivity index is 2.44. The number of carbonyl (C=O) groups excluding carboxylic acids is 1. The van der Waals surface area contributed by atoms with Gasteiger partial charge in [-0.1, -0.05) is 6.92 Å². The Kier molecular flexibility index (Phi) is 5.11. The van der Waals surface area contributed by atoms with Gasteiger partial charge in [-0.2, -0.15) is 11.8 Å². The maximum Gasteiger partial charge on any atom is 0.329 e. The van der Waals surface area contributed by atoms with E-state index in [1.54, 1.807) is 6.92 Å². The first-order valence-corrected chi connectivity index (χ1v) is 7.03. The lowest BCUT2D eigenvalue weighted by Gasteiger charge is -2.28. The first-order chi connectivity index (χ1) is 7.98. The second-order valence-corrected chi connectivity index (χ2v) is 5.70. The summed E-state index contributed by atoms with van der Waals surface area (Å²) in [5, 5.41) is 14.4. The van der Waals surface area contributed by atoms with Crippen molar-refractivity contribution in [1.29, 1.82) is 0 Å². The Morgan fingerprint density at radius 1 is 1.41 bits per heavy atom. The third-order valence-electron chi connectivity index (χ3n) is 3.13. The van der Waals surface area contributed by atoms with Crippen LogP contribution in [0.4, 0.5) is 4.79 Å². The van der Waals surface area contributed by atoms with Crippen LogP contribution in [-0.2, 0) is 4.79 Å². The molecule has 1 atom stereocenters. The van der Waals surface area contributed by atoms with E-state index >= 15 is 0 Å². The number of aliphatic carboxylic acids is 1. The van der Waals surface area contributed by atoms with E-state index in [0.717, 1.165) is 24.3 Å². The average molecular weight is 260 g/mol. The molecule has 0 radical (unpaired) electrons. The van der Waals surface area contributed by atoms with Crippen molar-refractivity contribution in [3.63, 3.8) is 0 Å². The summed E-state index contributed by atoms with van der Waals surface area (Å²) in [5.74, 6) is 1.10. The summed E-state index contributed by atoms with van der Waals surface area (Å²) in [7, 11) is 0. The fourth-order valence-electron chi connectivity index (χ4n) is 1.61. The van der Waals surface area contributed by atoms with E-state index < -0.39 is 11.5 Å². The zero-order valence-electron chi connectivity index (χ0n) is 10.3. The fraction of sp³-hybridized carbons (Fsp3) is 0.818. The summed E-state index contributed by atoms with van der Waals surface area (Å²) in [6.07, 6.45) is 2.26. The Bertz CT molecular complexity index is 292. The molecule has 5 nitrogen and oxygen atoms in total. The topological polar surface area (TPSA) is 78.4 Å². The molecule has 1 rings (SSSR count). The molecule has 0 bridgehead atoms. The van der Waals surface area contributed by atoms with Crippen molar-refractivity contribution < 1.29 is 14.7 Å². The lowest BCUT2D eigenvalue weighted by Crippen LogP contribution is -2.56. The SMILES string of the molecule is CCC(C)(NC(=O)NC1CCSCC1)C(=O)O. The number of urea groups is 1. The highest BCUT2D eigenvalue weighted by Crippen LogP contribution is 2.17. The quantitative estimate of drug-likeness (QED) is 0.714. The average Bonchev–Trinajstić information content (AvgIpc) is 2.29. The predicted octanol–water partition coefficient (Wildman–Crippen LogP) is 1.43. The van der Waals surface area contributed by atoms with Crippen molar-refractivity contribution >= 4 is 23.8 Å². The van der Waals surface area contributed by atoms with Crippen molar-refractivity contribution in [2.24, 2.45) is 0 Å². The smallest absolute Gasteiger partial charge is 0.329 e. The van der Waals surface area contributed by atoms with Gasteiger partial charge in [-0.05, 0) is 37.7 Å². The molecule has 0 aromatic heterocycles. The maximum atomic E-state index is 11.7. The van der Waals surface area contributed by atoms with Gasteiger partial charge in [-0.15, -0.1) is 0 Å². The molecule has 0 aromatic carbocycles. The molecule has 98 valence electrons. The van der Waals surface area contributed by atoms with Crippen LogP contribution in [0.15, 0.2) is 0 Å². The second-order valence-electron chi connectivity index (χ2n) is 4.48. The second kappa shape index (κ2) is 6.14. The Morgan fingerprint density at radius 2 is 2.00 bits per heavy atom. The van der Waals surface area contributed by atoms with Gasteiger partial charge in [0, 0.05) is 6.04 Å². The van der Waals surface area contributed by atoms with Crippen molar-refractivity contribution in [3.05, 3.63) is 0 Å². The van der Waals surface area contributed by atoms with E-state index in [9.17, 15) is 9.59 Å². The first-order valence-electron chi connectivity index (χ1n) is 5.88. The summed E-state index contributed by atoms with van der Waals surface area (Å²) < 4.78 is 0. The predicted molar refractivity (Wildman–Crippen MR) is 68.3 cm³/mol. The summed E-state index contributed by atoms with van der Waals surface area (Å²) in [4.78, 5) is 22.7. The van der Waals surface area contributed by atoms with E-state index in [-0.39, 0.29) is 12.1 Å². The maximum absolute atomic E-state index is 11.7. The van der Waals surface area contributed by atoms with Gasteiger partial charge in [0.05, 0.1) is 0 Å². The summed E-state index contributed by atoms with van der Waals surface area (Å²) in [5.41, 5.74) is -1.19. The van der Waals surface area contributed by atoms with Gasteiger partial charge in [0.25, 0.3) is 0 Å². The number of rotatable bonds is 4. The summed E-state index contributed by atoms with van der Waals surface area (Å²) in [6.45, 7) is 3.26. The number of carbonyl (C=O) groups is 2. The van der Waals surface area contributed by atoms with Crippen LogP contribution >= 0.6 is 11.8 Å². The minimum Gasteiger partial charge on any atom is -0.480 e. The zero-order valence-corrected chi connectivity index (χ0v) is 11.1. The molecule has 6 heteroatoms. The zero-order chi connectivity index (χ0) is 12.9. The third kappa shape index (κ3) is 4.11. The Labute approximate surface area is 106 Å². The van der Waals surface area contributed by atoms with Crippen molar-refractivity contribution in [2.45, 2.75) is 44.7 Å². The van der Waals surface area contributed by atoms with Crippen molar-refractivity contribution in [1.82, 2.24) is 10.6 Å². The lowest BCUT2D eigenvalue weighted by atomic mass is 10.00. The van der Waals surface area contributed by atoms with Crippen LogP contribution in [0, 0.1) is 0 Å². The van der Waals surface area contributed by atoms with E-state index in [1.165, 1.54) is 6.92 Å². The number of hydrogen-bond acceptors (Lipinski definition) is 3. The Morgan fingerprint density at radius 3 is 2.47 bits per heavy atom. The molecule has 17 heavy (non-hydrogen) atoms. The molecule has 1 fully saturated rings. The molecule has 0 aromatic rings. The molecule has 0 aliphatic carbocycles. The van der Waals surface area contributed by atoms with Gasteiger partial charge < -0.3 is 15.7 Å². The fourth-order valence-corrected chi connectivity index (χ4v) is 2.71. The number of carboxylic acids is 1. The normalized spacial score (nSPS) is 20.4. The van der Waals surface area contributed by atoms with Crippen molar-refractivity contribution in [3.8, 4) is 0 Å². The monoisotopic (exact) mass is 260 g/mol. The van der Waals surface area contributed by atoms with Gasteiger partial charge in [0.2, 0.25) is 0 Å². The van der Waals surface area contributed by atoms with E-state index in [1.807, 2.05) is 11.8 Å². The standard InChI is InChI=1S/C11H20N2O3S/c1-3-11(2,9(14)15)13-10(16)12-8-4-6-17-7-5-8/h8H,3-7H2,1-2H3,(H,14,15)(H2,12,13,16). The van der Waals surface area contributed by atoms with E-state index in [4.69, 9.17) is 5.11 Å². The van der Waals surface area contributed by atoms with E-state index in [2.05, 4.69) is 10.6 Å². The highest BCUT2D eigenvalue weighted by atomic mass is 32.2. The molecule has 0 spiro atoms. The minimum absolute atomic E-state index is 0.172.